The second-order valence-electron chi connectivity index (χ2n) is 7.83. The van der Waals surface area contributed by atoms with Gasteiger partial charge in [-0.15, -0.1) is 0 Å². The third-order valence-corrected chi connectivity index (χ3v) is 6.55. The van der Waals surface area contributed by atoms with Gasteiger partial charge < -0.3 is 10.6 Å². The number of amides is 1. The Labute approximate surface area is 192 Å². The molecular formula is C23H16F2N4O4S. The molecule has 34 heavy (non-hydrogen) atoms. The van der Waals surface area contributed by atoms with Crippen molar-refractivity contribution in [3.63, 3.8) is 0 Å². The van der Waals surface area contributed by atoms with Gasteiger partial charge in [0, 0.05) is 24.0 Å². The number of nitrogens with two attached hydrogens (primary N) is 1. The Bertz CT molecular complexity index is 1580. The van der Waals surface area contributed by atoms with E-state index >= 15 is 0 Å². The smallest absolute Gasteiger partial charge is 0.295 e. The molecule has 172 valence electrons. The molecule has 0 fully saturated rings. The number of aromatic nitrogens is 2. The second kappa shape index (κ2) is 7.82. The first kappa shape index (κ1) is 21.9. The highest BCUT2D eigenvalue weighted by Gasteiger charge is 2.27. The highest BCUT2D eigenvalue weighted by molar-refractivity contribution is 7.86. The van der Waals surface area contributed by atoms with Gasteiger partial charge >= 0.3 is 0 Å². The number of carbonyl (C=O) groups excluding carboxylic acids is 1. The number of rotatable bonds is 3. The zero-order chi connectivity index (χ0) is 24.2. The average molecular weight is 482 g/mol. The van der Waals surface area contributed by atoms with Gasteiger partial charge in [-0.1, -0.05) is 30.3 Å². The van der Waals surface area contributed by atoms with E-state index in [1.54, 1.807) is 4.90 Å². The molecule has 0 saturated heterocycles. The first-order valence-corrected chi connectivity index (χ1v) is 11.5. The van der Waals surface area contributed by atoms with E-state index in [1.807, 2.05) is 24.3 Å². The third kappa shape index (κ3) is 3.74. The van der Waals surface area contributed by atoms with Crippen molar-refractivity contribution in [2.24, 2.45) is 0 Å². The number of halogens is 2. The number of anilines is 1. The number of hydrogen-bond donors (Lipinski definition) is 2. The van der Waals surface area contributed by atoms with Crippen molar-refractivity contribution in [2.75, 3.05) is 5.73 Å². The van der Waals surface area contributed by atoms with Crippen LogP contribution in [0, 0.1) is 11.6 Å². The molecule has 3 N–H and O–H groups in total. The molecule has 0 atom stereocenters. The molecule has 0 bridgehead atoms. The summed E-state index contributed by atoms with van der Waals surface area (Å²) in [5, 5.41) is 0.235. The van der Waals surface area contributed by atoms with Crippen LogP contribution in [0.2, 0.25) is 0 Å². The lowest BCUT2D eigenvalue weighted by Crippen LogP contribution is -2.27. The number of nitrogen functional groups attached to an aromatic ring is 1. The first-order chi connectivity index (χ1) is 16.1. The Hall–Kier alpha value is -3.96. The van der Waals surface area contributed by atoms with Crippen LogP contribution in [-0.4, -0.2) is 33.7 Å². The van der Waals surface area contributed by atoms with Gasteiger partial charge in [0.25, 0.3) is 16.0 Å². The third-order valence-electron chi connectivity index (χ3n) is 5.66. The van der Waals surface area contributed by atoms with Crippen molar-refractivity contribution in [3.05, 3.63) is 83.1 Å². The fourth-order valence-corrected chi connectivity index (χ4v) is 4.78. The molecule has 5 rings (SSSR count). The minimum Gasteiger partial charge on any atom is -0.368 e. The van der Waals surface area contributed by atoms with Crippen molar-refractivity contribution in [1.29, 1.82) is 0 Å². The molecule has 0 saturated carbocycles. The van der Waals surface area contributed by atoms with E-state index < -0.39 is 32.6 Å². The minimum absolute atomic E-state index is 0.0202. The van der Waals surface area contributed by atoms with Crippen LogP contribution in [-0.2, 0) is 23.2 Å². The van der Waals surface area contributed by atoms with Crippen LogP contribution in [0.3, 0.4) is 0 Å². The molecule has 0 unspecified atom stereocenters. The summed E-state index contributed by atoms with van der Waals surface area (Å²) in [7, 11) is -4.88. The molecule has 1 aliphatic heterocycles. The maximum absolute atomic E-state index is 14.0. The molecular weight excluding hydrogens is 466 g/mol. The topological polar surface area (TPSA) is 126 Å². The number of carbonyl (C=O) groups is 1. The Morgan fingerprint density at radius 2 is 1.62 bits per heavy atom. The van der Waals surface area contributed by atoms with E-state index in [1.165, 1.54) is 18.2 Å². The molecule has 3 aromatic carbocycles. The molecule has 8 nitrogen and oxygen atoms in total. The van der Waals surface area contributed by atoms with Gasteiger partial charge in [-0.05, 0) is 41.0 Å². The number of fused-ring (bicyclic) bond motifs is 2. The Morgan fingerprint density at radius 1 is 0.971 bits per heavy atom. The number of hydrogen-bond acceptors (Lipinski definition) is 6. The predicted octanol–water partition coefficient (Wildman–Crippen LogP) is 3.56. The van der Waals surface area contributed by atoms with Crippen LogP contribution in [0.4, 0.5) is 14.7 Å². The number of benzene rings is 3. The van der Waals surface area contributed by atoms with Gasteiger partial charge in [0.05, 0.1) is 5.52 Å². The molecule has 1 aliphatic rings. The lowest BCUT2D eigenvalue weighted by atomic mass is 10.0. The highest BCUT2D eigenvalue weighted by Crippen LogP contribution is 2.33. The summed E-state index contributed by atoms with van der Waals surface area (Å²) in [4.78, 5) is 22.4. The summed E-state index contributed by atoms with van der Waals surface area (Å²) in [5.41, 5.74) is 7.92. The van der Waals surface area contributed by atoms with E-state index in [0.717, 1.165) is 11.1 Å². The van der Waals surface area contributed by atoms with E-state index in [4.69, 9.17) is 5.73 Å². The van der Waals surface area contributed by atoms with Crippen LogP contribution >= 0.6 is 0 Å². The SMILES string of the molecule is Nc1nc(C(=O)N2Cc3ccccc3C2)c2cc(-c3cc(F)c(F)cc3S(=O)(=O)O)ccc2n1. The second-order valence-corrected chi connectivity index (χ2v) is 9.22. The van der Waals surface area contributed by atoms with Gasteiger partial charge in [0.15, 0.2) is 11.6 Å². The van der Waals surface area contributed by atoms with Crippen LogP contribution in [0.25, 0.3) is 22.0 Å². The van der Waals surface area contributed by atoms with Crippen LogP contribution in [0.15, 0.2) is 59.5 Å². The Morgan fingerprint density at radius 3 is 2.26 bits per heavy atom. The molecule has 2 heterocycles. The van der Waals surface area contributed by atoms with E-state index in [-0.39, 0.29) is 28.2 Å². The fourth-order valence-electron chi connectivity index (χ4n) is 4.07. The summed E-state index contributed by atoms with van der Waals surface area (Å²) in [6.07, 6.45) is 0. The van der Waals surface area contributed by atoms with Crippen molar-refractivity contribution < 1.29 is 26.5 Å². The normalized spacial score (nSPS) is 13.3. The molecule has 0 radical (unpaired) electrons. The quantitative estimate of drug-likeness (QED) is 0.428. The van der Waals surface area contributed by atoms with Crippen LogP contribution in [0.5, 0.6) is 0 Å². The maximum atomic E-state index is 14.0. The predicted molar refractivity (Wildman–Crippen MR) is 119 cm³/mol. The Kier molecular flexibility index (Phi) is 5.03. The summed E-state index contributed by atoms with van der Waals surface area (Å²) < 4.78 is 60.9. The van der Waals surface area contributed by atoms with E-state index in [2.05, 4.69) is 9.97 Å². The van der Waals surface area contributed by atoms with Gasteiger partial charge in [0.2, 0.25) is 5.95 Å². The van der Waals surface area contributed by atoms with Crippen molar-refractivity contribution in [3.8, 4) is 11.1 Å². The van der Waals surface area contributed by atoms with Gasteiger partial charge in [-0.3, -0.25) is 9.35 Å². The highest BCUT2D eigenvalue weighted by atomic mass is 32.2. The molecule has 4 aromatic rings. The van der Waals surface area contributed by atoms with Crippen LogP contribution < -0.4 is 5.73 Å². The summed E-state index contributed by atoms with van der Waals surface area (Å²) in [6.45, 7) is 0.742. The van der Waals surface area contributed by atoms with Crippen molar-refractivity contribution in [2.45, 2.75) is 18.0 Å². The zero-order valence-corrected chi connectivity index (χ0v) is 18.2. The van der Waals surface area contributed by atoms with Gasteiger partial charge in [-0.25, -0.2) is 18.7 Å². The van der Waals surface area contributed by atoms with Crippen LogP contribution in [0.1, 0.15) is 21.6 Å². The van der Waals surface area contributed by atoms with Gasteiger partial charge in [0.1, 0.15) is 10.6 Å². The lowest BCUT2D eigenvalue weighted by molar-refractivity contribution is 0.0747. The summed E-state index contributed by atoms with van der Waals surface area (Å²) >= 11 is 0. The minimum atomic E-state index is -4.88. The molecule has 11 heteroatoms. The van der Waals surface area contributed by atoms with Crippen molar-refractivity contribution >= 4 is 32.9 Å². The first-order valence-electron chi connectivity index (χ1n) is 10.0. The average Bonchev–Trinajstić information content (AvgIpc) is 3.23. The van der Waals surface area contributed by atoms with E-state index in [0.29, 0.717) is 30.7 Å². The lowest BCUT2D eigenvalue weighted by Gasteiger charge is -2.17. The molecule has 0 spiro atoms. The van der Waals surface area contributed by atoms with Gasteiger partial charge in [-0.2, -0.15) is 8.42 Å². The monoisotopic (exact) mass is 482 g/mol. The fraction of sp³-hybridized carbons (Fsp3) is 0.0870. The van der Waals surface area contributed by atoms with E-state index in [9.17, 15) is 26.5 Å². The molecule has 1 amide bonds. The Balaban J connectivity index is 1.66. The maximum Gasteiger partial charge on any atom is 0.295 e. The molecule has 0 aliphatic carbocycles. The van der Waals surface area contributed by atoms with Crippen molar-refractivity contribution in [1.82, 2.24) is 14.9 Å². The summed E-state index contributed by atoms with van der Waals surface area (Å²) in [5.74, 6) is -3.29. The standard InChI is InChI=1S/C23H16F2N4O4S/c24-17-8-15(20(9-18(17)25)34(31,32)33)12-5-6-19-16(7-12)21(28-23(26)27-19)22(30)29-10-13-3-1-2-4-14(13)11-29/h1-9H,10-11H2,(H2,26,27,28)(H,31,32,33). The molecule has 1 aromatic heterocycles. The number of nitrogens with zero attached hydrogens (tertiary/aromatic N) is 3. The zero-order valence-electron chi connectivity index (χ0n) is 17.4. The summed E-state index contributed by atoms with van der Waals surface area (Å²) in [6, 6.07) is 12.9. The largest absolute Gasteiger partial charge is 0.368 e.